The van der Waals surface area contributed by atoms with E-state index >= 15 is 0 Å². The maximum absolute atomic E-state index is 8.80. The van der Waals surface area contributed by atoms with Crippen molar-refractivity contribution in [3.05, 3.63) is 60.6 Å². The first-order valence-electron chi connectivity index (χ1n) is 4.75. The average Bonchev–Trinajstić information content (AvgIpc) is 2.33. The summed E-state index contributed by atoms with van der Waals surface area (Å²) >= 11 is 0. The molecule has 0 aliphatic rings. The third-order valence-corrected chi connectivity index (χ3v) is 2.02. The topological polar surface area (TPSA) is 45.9 Å². The predicted molar refractivity (Wildman–Crippen MR) is 59.9 cm³/mol. The third kappa shape index (κ3) is 2.18. The van der Waals surface area contributed by atoms with Crippen LogP contribution in [0.4, 0.5) is 0 Å². The van der Waals surface area contributed by atoms with Gasteiger partial charge in [-0.1, -0.05) is 24.3 Å². The molecule has 0 bridgehead atoms. The van der Waals surface area contributed by atoms with Crippen LogP contribution in [0, 0.1) is 18.3 Å². The minimum absolute atomic E-state index is 0.286. The Balaban J connectivity index is 2.27. The highest BCUT2D eigenvalue weighted by Crippen LogP contribution is 2.19. The molecule has 0 saturated heterocycles. The minimum Gasteiger partial charge on any atom is -0.439 e. The van der Waals surface area contributed by atoms with E-state index in [2.05, 4.69) is 11.9 Å². The van der Waals surface area contributed by atoms with Gasteiger partial charge in [0.1, 0.15) is 17.5 Å². The van der Waals surface area contributed by atoms with E-state index in [0.717, 1.165) is 0 Å². The fourth-order valence-corrected chi connectivity index (χ4v) is 1.23. The van der Waals surface area contributed by atoms with Crippen molar-refractivity contribution in [3.8, 4) is 17.7 Å². The lowest BCUT2D eigenvalue weighted by Crippen LogP contribution is -1.92. The van der Waals surface area contributed by atoms with Gasteiger partial charge in [0.25, 0.3) is 0 Å². The van der Waals surface area contributed by atoms with Crippen molar-refractivity contribution in [3.63, 3.8) is 0 Å². The summed E-state index contributed by atoms with van der Waals surface area (Å²) in [7, 11) is 0. The SMILES string of the molecule is [CH2]c1ccc(Oc2ccccc2)nc1C#N. The van der Waals surface area contributed by atoms with Crippen molar-refractivity contribution in [1.29, 1.82) is 5.26 Å². The van der Waals surface area contributed by atoms with Crippen LogP contribution in [-0.4, -0.2) is 4.98 Å². The van der Waals surface area contributed by atoms with Gasteiger partial charge >= 0.3 is 0 Å². The Morgan fingerprint density at radius 1 is 1.12 bits per heavy atom. The number of hydrogen-bond donors (Lipinski definition) is 0. The second kappa shape index (κ2) is 4.45. The molecule has 1 aromatic heterocycles. The highest BCUT2D eigenvalue weighted by Gasteiger charge is 2.02. The molecule has 3 nitrogen and oxygen atoms in total. The van der Waals surface area contributed by atoms with Crippen LogP contribution in [0.25, 0.3) is 0 Å². The quantitative estimate of drug-likeness (QED) is 0.763. The van der Waals surface area contributed by atoms with Gasteiger partial charge in [-0.05, 0) is 24.6 Å². The first kappa shape index (κ1) is 10.2. The van der Waals surface area contributed by atoms with E-state index in [0.29, 0.717) is 17.2 Å². The lowest BCUT2D eigenvalue weighted by atomic mass is 10.2. The molecule has 77 valence electrons. The average molecular weight is 209 g/mol. The monoisotopic (exact) mass is 209 g/mol. The molecule has 0 fully saturated rings. The Morgan fingerprint density at radius 2 is 1.88 bits per heavy atom. The van der Waals surface area contributed by atoms with Gasteiger partial charge in [-0.25, -0.2) is 4.98 Å². The van der Waals surface area contributed by atoms with Crippen LogP contribution in [0.3, 0.4) is 0 Å². The number of para-hydroxylation sites is 1. The van der Waals surface area contributed by atoms with Crippen LogP contribution in [0.1, 0.15) is 11.3 Å². The maximum Gasteiger partial charge on any atom is 0.220 e. The summed E-state index contributed by atoms with van der Waals surface area (Å²) in [6.45, 7) is 3.70. The van der Waals surface area contributed by atoms with Crippen LogP contribution < -0.4 is 4.74 Å². The van der Waals surface area contributed by atoms with E-state index in [1.165, 1.54) is 0 Å². The summed E-state index contributed by atoms with van der Waals surface area (Å²) in [5.41, 5.74) is 0.886. The van der Waals surface area contributed by atoms with Crippen molar-refractivity contribution in [1.82, 2.24) is 4.98 Å². The lowest BCUT2D eigenvalue weighted by Gasteiger charge is -2.05. The van der Waals surface area contributed by atoms with Crippen molar-refractivity contribution >= 4 is 0 Å². The Hall–Kier alpha value is -2.34. The van der Waals surface area contributed by atoms with Gasteiger partial charge in [-0.2, -0.15) is 5.26 Å². The van der Waals surface area contributed by atoms with E-state index in [9.17, 15) is 0 Å². The summed E-state index contributed by atoms with van der Waals surface area (Å²) in [5.74, 6) is 1.09. The number of hydrogen-bond acceptors (Lipinski definition) is 3. The number of aromatic nitrogens is 1. The molecule has 0 aliphatic heterocycles. The molecule has 0 N–H and O–H groups in total. The van der Waals surface area contributed by atoms with E-state index in [1.54, 1.807) is 12.1 Å². The molecule has 0 spiro atoms. The molecule has 1 radical (unpaired) electrons. The number of benzene rings is 1. The van der Waals surface area contributed by atoms with Gasteiger partial charge in [0.15, 0.2) is 0 Å². The molecule has 0 amide bonds. The summed E-state index contributed by atoms with van der Waals surface area (Å²) in [6, 6.07) is 14.7. The van der Waals surface area contributed by atoms with Crippen LogP contribution >= 0.6 is 0 Å². The van der Waals surface area contributed by atoms with Crippen LogP contribution in [-0.2, 0) is 0 Å². The van der Waals surface area contributed by atoms with Crippen molar-refractivity contribution in [2.75, 3.05) is 0 Å². The molecule has 0 aliphatic carbocycles. The Bertz CT molecular complexity index is 529. The van der Waals surface area contributed by atoms with Gasteiger partial charge in [0.2, 0.25) is 5.88 Å². The molecule has 1 aromatic carbocycles. The molecule has 2 aromatic rings. The summed E-state index contributed by atoms with van der Waals surface area (Å²) < 4.78 is 5.49. The molecule has 3 heteroatoms. The van der Waals surface area contributed by atoms with Crippen molar-refractivity contribution in [2.45, 2.75) is 0 Å². The zero-order valence-electron chi connectivity index (χ0n) is 8.55. The molecule has 0 atom stereocenters. The lowest BCUT2D eigenvalue weighted by molar-refractivity contribution is 0.462. The molecular formula is C13H9N2O. The standard InChI is InChI=1S/C13H9N2O/c1-10-7-8-13(15-12(10)9-14)16-11-5-3-2-4-6-11/h2-8H,1H2. The van der Waals surface area contributed by atoms with Crippen molar-refractivity contribution in [2.24, 2.45) is 0 Å². The molecular weight excluding hydrogens is 200 g/mol. The second-order valence-corrected chi connectivity index (χ2v) is 3.18. The van der Waals surface area contributed by atoms with E-state index in [4.69, 9.17) is 10.00 Å². The summed E-state index contributed by atoms with van der Waals surface area (Å²) in [6.07, 6.45) is 0. The number of ether oxygens (including phenoxy) is 1. The second-order valence-electron chi connectivity index (χ2n) is 3.18. The van der Waals surface area contributed by atoms with E-state index in [-0.39, 0.29) is 5.69 Å². The Labute approximate surface area is 93.9 Å². The zero-order valence-corrected chi connectivity index (χ0v) is 8.55. The van der Waals surface area contributed by atoms with Crippen LogP contribution in [0.2, 0.25) is 0 Å². The first-order valence-corrected chi connectivity index (χ1v) is 4.75. The highest BCUT2D eigenvalue weighted by atomic mass is 16.5. The molecule has 16 heavy (non-hydrogen) atoms. The van der Waals surface area contributed by atoms with Gasteiger partial charge in [-0.15, -0.1) is 0 Å². The van der Waals surface area contributed by atoms with Gasteiger partial charge in [0.05, 0.1) is 0 Å². The predicted octanol–water partition coefficient (Wildman–Crippen LogP) is 2.93. The Kier molecular flexibility index (Phi) is 2.84. The minimum atomic E-state index is 0.286. The van der Waals surface area contributed by atoms with Crippen LogP contribution in [0.15, 0.2) is 42.5 Å². The van der Waals surface area contributed by atoms with Gasteiger partial charge < -0.3 is 4.74 Å². The highest BCUT2D eigenvalue weighted by molar-refractivity contribution is 5.37. The third-order valence-electron chi connectivity index (χ3n) is 2.02. The van der Waals surface area contributed by atoms with Gasteiger partial charge in [0, 0.05) is 6.07 Å². The maximum atomic E-state index is 8.80. The first-order chi connectivity index (χ1) is 7.79. The summed E-state index contributed by atoms with van der Waals surface area (Å²) in [5, 5.41) is 8.80. The smallest absolute Gasteiger partial charge is 0.220 e. The van der Waals surface area contributed by atoms with E-state index in [1.807, 2.05) is 36.4 Å². The zero-order chi connectivity index (χ0) is 11.4. The summed E-state index contributed by atoms with van der Waals surface area (Å²) in [4.78, 5) is 4.04. The number of pyridine rings is 1. The molecule has 0 saturated carbocycles. The molecule has 2 rings (SSSR count). The molecule has 1 heterocycles. The normalized spacial score (nSPS) is 9.50. The number of nitriles is 1. The van der Waals surface area contributed by atoms with Crippen molar-refractivity contribution < 1.29 is 4.74 Å². The Morgan fingerprint density at radius 3 is 2.56 bits per heavy atom. The van der Waals surface area contributed by atoms with Crippen LogP contribution in [0.5, 0.6) is 11.6 Å². The molecule has 0 unspecified atom stereocenters. The van der Waals surface area contributed by atoms with E-state index < -0.39 is 0 Å². The number of nitrogens with zero attached hydrogens (tertiary/aromatic N) is 2. The largest absolute Gasteiger partial charge is 0.439 e. The fourth-order valence-electron chi connectivity index (χ4n) is 1.23. The number of rotatable bonds is 2. The fraction of sp³-hybridized carbons (Fsp3) is 0. The van der Waals surface area contributed by atoms with Gasteiger partial charge in [-0.3, -0.25) is 0 Å².